The van der Waals surface area contributed by atoms with E-state index in [9.17, 15) is 0 Å². The van der Waals surface area contributed by atoms with Gasteiger partial charge in [0.05, 0.1) is 12.2 Å². The summed E-state index contributed by atoms with van der Waals surface area (Å²) in [5, 5.41) is 0. The summed E-state index contributed by atoms with van der Waals surface area (Å²) in [6.45, 7) is 12.5. The zero-order valence-corrected chi connectivity index (χ0v) is 14.6. The normalized spacial score (nSPS) is 18.1. The van der Waals surface area contributed by atoms with Gasteiger partial charge in [0.15, 0.2) is 11.5 Å². The molecule has 0 aromatic heterocycles. The highest BCUT2D eigenvalue weighted by atomic mass is 16.5. The Kier molecular flexibility index (Phi) is 5.05. The first kappa shape index (κ1) is 16.7. The molecule has 0 saturated heterocycles. The highest BCUT2D eigenvalue weighted by Crippen LogP contribution is 2.40. The fourth-order valence-corrected chi connectivity index (χ4v) is 2.17. The first-order chi connectivity index (χ1) is 10.3. The first-order valence-electron chi connectivity index (χ1n) is 8.24. The van der Waals surface area contributed by atoms with Crippen LogP contribution in [-0.2, 0) is 0 Å². The van der Waals surface area contributed by atoms with Gasteiger partial charge in [-0.2, -0.15) is 0 Å². The number of rotatable bonds is 6. The van der Waals surface area contributed by atoms with Crippen LogP contribution >= 0.6 is 0 Å². The van der Waals surface area contributed by atoms with Crippen molar-refractivity contribution >= 4 is 6.08 Å². The number of hydrogen-bond acceptors (Lipinski definition) is 3. The second kappa shape index (κ2) is 6.64. The summed E-state index contributed by atoms with van der Waals surface area (Å²) in [4.78, 5) is 0. The van der Waals surface area contributed by atoms with Crippen LogP contribution in [-0.4, -0.2) is 17.8 Å². The van der Waals surface area contributed by atoms with Gasteiger partial charge in [-0.15, -0.1) is 0 Å². The molecule has 2 rings (SSSR count). The molecule has 0 spiro atoms. The average Bonchev–Trinajstić information content (AvgIpc) is 2.47. The molecule has 1 aliphatic heterocycles. The van der Waals surface area contributed by atoms with Crippen molar-refractivity contribution in [3.8, 4) is 17.2 Å². The van der Waals surface area contributed by atoms with Crippen molar-refractivity contribution in [2.45, 2.75) is 72.2 Å². The van der Waals surface area contributed by atoms with E-state index in [0.717, 1.165) is 35.7 Å². The highest BCUT2D eigenvalue weighted by molar-refractivity contribution is 5.66. The van der Waals surface area contributed by atoms with Crippen LogP contribution in [0.15, 0.2) is 18.2 Å². The molecule has 22 heavy (non-hydrogen) atoms. The number of ether oxygens (including phenoxy) is 3. The molecule has 0 bridgehead atoms. The van der Waals surface area contributed by atoms with Crippen LogP contribution < -0.4 is 14.2 Å². The molecule has 3 heteroatoms. The Labute approximate surface area is 134 Å². The summed E-state index contributed by atoms with van der Waals surface area (Å²) in [5.74, 6) is 2.41. The molecule has 2 unspecified atom stereocenters. The monoisotopic (exact) mass is 304 g/mol. The van der Waals surface area contributed by atoms with Crippen LogP contribution in [0.3, 0.4) is 0 Å². The van der Waals surface area contributed by atoms with Gasteiger partial charge in [0, 0.05) is 11.6 Å². The maximum absolute atomic E-state index is 6.05. The van der Waals surface area contributed by atoms with Gasteiger partial charge < -0.3 is 14.2 Å². The summed E-state index contributed by atoms with van der Waals surface area (Å²) in [7, 11) is 0. The summed E-state index contributed by atoms with van der Waals surface area (Å²) in [6, 6.07) is 3.98. The van der Waals surface area contributed by atoms with E-state index in [1.807, 2.05) is 26.0 Å². The Balaban J connectivity index is 2.38. The Hall–Kier alpha value is -1.64. The van der Waals surface area contributed by atoms with Gasteiger partial charge in [0.1, 0.15) is 11.4 Å². The molecule has 0 aliphatic carbocycles. The first-order valence-corrected chi connectivity index (χ1v) is 8.24. The van der Waals surface area contributed by atoms with Gasteiger partial charge in [-0.25, -0.2) is 0 Å². The van der Waals surface area contributed by atoms with E-state index in [1.165, 1.54) is 0 Å². The highest BCUT2D eigenvalue weighted by Gasteiger charge is 2.24. The van der Waals surface area contributed by atoms with E-state index in [0.29, 0.717) is 0 Å². The molecular formula is C19H28O3. The third kappa shape index (κ3) is 3.96. The largest absolute Gasteiger partial charge is 0.487 e. The van der Waals surface area contributed by atoms with Crippen LogP contribution in [0.2, 0.25) is 0 Å². The predicted octanol–water partition coefficient (Wildman–Crippen LogP) is 5.23. The molecule has 3 nitrogen and oxygen atoms in total. The van der Waals surface area contributed by atoms with Crippen molar-refractivity contribution in [2.75, 3.05) is 0 Å². The zero-order chi connectivity index (χ0) is 16.3. The second-order valence-corrected chi connectivity index (χ2v) is 6.55. The zero-order valence-electron chi connectivity index (χ0n) is 14.6. The summed E-state index contributed by atoms with van der Waals surface area (Å²) >= 11 is 0. The lowest BCUT2D eigenvalue weighted by molar-refractivity contribution is 0.152. The molecule has 0 saturated carbocycles. The molecule has 1 aromatic carbocycles. The lowest BCUT2D eigenvalue weighted by Crippen LogP contribution is -2.27. The Morgan fingerprint density at radius 3 is 2.09 bits per heavy atom. The fraction of sp³-hybridized carbons (Fsp3) is 0.579. The van der Waals surface area contributed by atoms with Gasteiger partial charge >= 0.3 is 0 Å². The van der Waals surface area contributed by atoms with Crippen molar-refractivity contribution in [1.82, 2.24) is 0 Å². The minimum Gasteiger partial charge on any atom is -0.487 e. The smallest absolute Gasteiger partial charge is 0.165 e. The molecule has 1 heterocycles. The molecule has 1 aliphatic rings. The van der Waals surface area contributed by atoms with E-state index >= 15 is 0 Å². The van der Waals surface area contributed by atoms with Crippen LogP contribution in [0.1, 0.15) is 59.9 Å². The predicted molar refractivity (Wildman–Crippen MR) is 90.9 cm³/mol. The minimum absolute atomic E-state index is 0.143. The van der Waals surface area contributed by atoms with Crippen LogP contribution in [0.4, 0.5) is 0 Å². The molecule has 1 aromatic rings. The quantitative estimate of drug-likeness (QED) is 0.720. The SMILES string of the molecule is CCC(C)Oc1cc2c(cc1OC(C)CC)OC(C)(C)C=C2. The fourth-order valence-electron chi connectivity index (χ4n) is 2.17. The third-order valence-electron chi connectivity index (χ3n) is 3.92. The van der Waals surface area contributed by atoms with Crippen LogP contribution in [0.5, 0.6) is 17.2 Å². The Morgan fingerprint density at radius 1 is 1.00 bits per heavy atom. The van der Waals surface area contributed by atoms with Gasteiger partial charge in [-0.1, -0.05) is 19.9 Å². The molecular weight excluding hydrogens is 276 g/mol. The molecule has 0 N–H and O–H groups in total. The lowest BCUT2D eigenvalue weighted by Gasteiger charge is -2.29. The maximum atomic E-state index is 6.05. The second-order valence-electron chi connectivity index (χ2n) is 6.55. The standard InChI is InChI=1S/C19H28O3/c1-7-13(3)20-17-11-15-9-10-19(5,6)22-16(15)12-18(17)21-14(4)8-2/h9-14H,7-8H2,1-6H3. The van der Waals surface area contributed by atoms with Gasteiger partial charge in [0.2, 0.25) is 0 Å². The van der Waals surface area contributed by atoms with Crippen LogP contribution in [0.25, 0.3) is 6.08 Å². The number of hydrogen-bond donors (Lipinski definition) is 0. The van der Waals surface area contributed by atoms with Crippen molar-refractivity contribution in [3.63, 3.8) is 0 Å². The van der Waals surface area contributed by atoms with Crippen molar-refractivity contribution in [1.29, 1.82) is 0 Å². The van der Waals surface area contributed by atoms with E-state index in [4.69, 9.17) is 14.2 Å². The molecule has 0 radical (unpaired) electrons. The number of benzene rings is 1. The maximum Gasteiger partial charge on any atom is 0.165 e. The van der Waals surface area contributed by atoms with E-state index in [1.54, 1.807) is 0 Å². The van der Waals surface area contributed by atoms with Gasteiger partial charge in [0.25, 0.3) is 0 Å². The van der Waals surface area contributed by atoms with Crippen molar-refractivity contribution in [3.05, 3.63) is 23.8 Å². The number of fused-ring (bicyclic) bond motifs is 1. The van der Waals surface area contributed by atoms with Crippen molar-refractivity contribution in [2.24, 2.45) is 0 Å². The topological polar surface area (TPSA) is 27.7 Å². The van der Waals surface area contributed by atoms with E-state index in [2.05, 4.69) is 39.8 Å². The molecule has 0 amide bonds. The van der Waals surface area contributed by atoms with Crippen LogP contribution in [0, 0.1) is 0 Å². The van der Waals surface area contributed by atoms with E-state index < -0.39 is 0 Å². The summed E-state index contributed by atoms with van der Waals surface area (Å²) < 4.78 is 18.1. The minimum atomic E-state index is -0.292. The van der Waals surface area contributed by atoms with Gasteiger partial charge in [-0.3, -0.25) is 0 Å². The van der Waals surface area contributed by atoms with Crippen molar-refractivity contribution < 1.29 is 14.2 Å². The average molecular weight is 304 g/mol. The third-order valence-corrected chi connectivity index (χ3v) is 3.92. The Bertz CT molecular complexity index is 546. The summed E-state index contributed by atoms with van der Waals surface area (Å²) in [6.07, 6.45) is 6.37. The lowest BCUT2D eigenvalue weighted by atomic mass is 10.0. The molecule has 2 atom stereocenters. The van der Waals surface area contributed by atoms with E-state index in [-0.39, 0.29) is 17.8 Å². The summed E-state index contributed by atoms with van der Waals surface area (Å²) in [5.41, 5.74) is 0.744. The Morgan fingerprint density at radius 2 is 1.55 bits per heavy atom. The van der Waals surface area contributed by atoms with Gasteiger partial charge in [-0.05, 0) is 52.7 Å². The molecule has 122 valence electrons. The molecule has 0 fully saturated rings.